The van der Waals surface area contributed by atoms with Crippen LogP contribution in [-0.4, -0.2) is 80.7 Å². The van der Waals surface area contributed by atoms with Gasteiger partial charge in [0.1, 0.15) is 5.82 Å². The van der Waals surface area contributed by atoms with Crippen LogP contribution in [0.1, 0.15) is 249 Å². The quantitative estimate of drug-likeness (QED) is 0.0111. The van der Waals surface area contributed by atoms with E-state index in [-0.39, 0.29) is 136 Å². The maximum atomic E-state index is 12.1. The van der Waals surface area contributed by atoms with Crippen molar-refractivity contribution in [2.45, 2.75) is 219 Å². The summed E-state index contributed by atoms with van der Waals surface area (Å²) in [7, 11) is 0. The molecule has 2 radical (unpaired) electrons. The number of halogens is 10. The van der Waals surface area contributed by atoms with Crippen molar-refractivity contribution in [1.29, 1.82) is 10.5 Å². The number of alkyl halides is 7. The van der Waals surface area contributed by atoms with Crippen LogP contribution in [0.5, 0.6) is 0 Å². The Kier molecular flexibility index (Phi) is 104. The fourth-order valence-electron chi connectivity index (χ4n) is 7.92. The fraction of sp³-hybridized carbons (Fsp3) is 0.418. The summed E-state index contributed by atoms with van der Waals surface area (Å²) >= 11 is 33.2. The number of nitrogens with two attached hydrogens (primary N) is 2. The average Bonchev–Trinajstić information content (AvgIpc) is 1.64. The topological polar surface area (TPSA) is 342 Å². The van der Waals surface area contributed by atoms with E-state index in [0.717, 1.165) is 86.3 Å². The number of benzene rings is 6. The van der Waals surface area contributed by atoms with E-state index in [4.69, 9.17) is 43.7 Å². The van der Waals surface area contributed by atoms with Crippen LogP contribution in [0.4, 0.5) is 32.8 Å². The van der Waals surface area contributed by atoms with Crippen molar-refractivity contribution in [3.63, 3.8) is 0 Å². The summed E-state index contributed by atoms with van der Waals surface area (Å²) in [6.07, 6.45) is 9.83. The minimum Gasteiger partial charge on any atom is -0.399 e. The summed E-state index contributed by atoms with van der Waals surface area (Å²) in [6.45, 7) is 36.1. The van der Waals surface area contributed by atoms with Crippen LogP contribution < -0.4 is 11.5 Å². The van der Waals surface area contributed by atoms with E-state index in [2.05, 4.69) is 309 Å². The number of thiocarbonyl (C=S) groups is 1. The number of nitro groups is 4. The van der Waals surface area contributed by atoms with Gasteiger partial charge >= 0.3 is 0 Å². The molecule has 722 valence electrons. The molecule has 0 aliphatic carbocycles. The molecule has 0 spiro atoms. The maximum Gasteiger partial charge on any atom is 0.269 e. The number of nitrogen functional groups attached to an aromatic ring is 1. The Hall–Kier alpha value is -3.02. The summed E-state index contributed by atoms with van der Waals surface area (Å²) in [5.74, 6) is 0.120. The van der Waals surface area contributed by atoms with Crippen molar-refractivity contribution in [1.82, 2.24) is 19.9 Å². The number of pyridine rings is 1. The van der Waals surface area contributed by atoms with E-state index >= 15 is 0 Å². The number of nitro benzene ring substituents is 4. The van der Waals surface area contributed by atoms with Crippen LogP contribution in [0.25, 0.3) is 10.9 Å². The van der Waals surface area contributed by atoms with Crippen LogP contribution >= 0.6 is 236 Å². The molecular formula is C91H132Br2FI7N12O10S4V2-2. The summed E-state index contributed by atoms with van der Waals surface area (Å²) in [5, 5.41) is 68.5. The minimum absolute atomic E-state index is 0. The molecule has 0 aliphatic rings. The molecule has 0 bridgehead atoms. The minimum atomic E-state index is -0.570. The molecule has 4 heterocycles. The molecule has 10 rings (SSSR count). The molecule has 0 saturated carbocycles. The summed E-state index contributed by atoms with van der Waals surface area (Å²) < 4.78 is 27.8. The first-order chi connectivity index (χ1) is 56.3. The van der Waals surface area contributed by atoms with Gasteiger partial charge in [0.25, 0.3) is 22.7 Å². The van der Waals surface area contributed by atoms with Gasteiger partial charge < -0.3 is 50.0 Å². The van der Waals surface area contributed by atoms with E-state index in [1.54, 1.807) is 83.5 Å². The first-order valence-electron chi connectivity index (χ1n) is 36.5. The Morgan fingerprint density at radius 3 is 1.11 bits per heavy atom. The second kappa shape index (κ2) is 88.9. The van der Waals surface area contributed by atoms with Crippen molar-refractivity contribution < 1.29 is 70.7 Å². The third kappa shape index (κ3) is 76.7. The Morgan fingerprint density at radius 2 is 0.853 bits per heavy atom. The predicted octanol–water partition coefficient (Wildman–Crippen LogP) is 34.4. The molecule has 38 heteroatoms. The van der Waals surface area contributed by atoms with Gasteiger partial charge in [-0.1, -0.05) is 335 Å². The third-order valence-electron chi connectivity index (χ3n) is 13.8. The molecule has 6 aromatic carbocycles. The van der Waals surface area contributed by atoms with Gasteiger partial charge in [0.2, 0.25) is 0 Å². The zero-order valence-corrected chi connectivity index (χ0v) is 94.9. The van der Waals surface area contributed by atoms with Crippen LogP contribution in [0, 0.1) is 79.3 Å². The van der Waals surface area contributed by atoms with Crippen molar-refractivity contribution in [3.05, 3.63) is 290 Å². The molecule has 10 aromatic rings. The molecule has 0 saturated heterocycles. The molecule has 5 atom stereocenters. The average molecular weight is 2850 g/mol. The molecule has 4 N–H and O–H groups in total. The van der Waals surface area contributed by atoms with Gasteiger partial charge in [0.15, 0.2) is 6.29 Å². The number of nitriles is 2. The predicted molar refractivity (Wildman–Crippen MR) is 615 cm³/mol. The Bertz CT molecular complexity index is 4480. The van der Waals surface area contributed by atoms with Crippen LogP contribution in [0.3, 0.4) is 0 Å². The van der Waals surface area contributed by atoms with E-state index < -0.39 is 25.5 Å². The number of fused-ring (bicyclic) bond motifs is 1. The monoisotopic (exact) mass is 2850 g/mol. The zero-order chi connectivity index (χ0) is 92.3. The number of aromatic nitrogens is 4. The van der Waals surface area contributed by atoms with Crippen molar-refractivity contribution in [2.75, 3.05) is 28.7 Å². The molecular weight excluding hydrogens is 2720 g/mol. The second-order valence-corrected chi connectivity index (χ2v) is 49.7. The molecule has 0 amide bonds. The maximum absolute atomic E-state index is 12.1. The van der Waals surface area contributed by atoms with Gasteiger partial charge in [-0.25, -0.2) is 19.3 Å². The summed E-state index contributed by atoms with van der Waals surface area (Å²) in [4.78, 5) is 57.0. The number of nitrogens with zero attached hydrogens (tertiary/aromatic N) is 10. The van der Waals surface area contributed by atoms with Gasteiger partial charge in [-0.3, -0.25) is 49.4 Å². The Balaban J connectivity index is -0.000000118. The number of anilines is 1. The Morgan fingerprint density at radius 1 is 0.574 bits per heavy atom. The number of thiazole rings is 3. The third-order valence-corrected chi connectivity index (χ3v) is 23.5. The van der Waals surface area contributed by atoms with Crippen LogP contribution in [-0.2, 0) is 46.6 Å². The van der Waals surface area contributed by atoms with E-state index in [1.165, 1.54) is 55.9 Å². The van der Waals surface area contributed by atoms with Crippen LogP contribution in [0.15, 0.2) is 191 Å². The zero-order valence-electron chi connectivity index (χ0n) is 70.6. The van der Waals surface area contributed by atoms with Gasteiger partial charge in [-0.2, -0.15) is 38.2 Å². The standard InChI is InChI=1S/C14H11BrN2S.C11H10N2O2S.C11H12N2S.C9H10N2O2S.C9H8N2O2.C6H13BrO2.C6H4FNO2.C3H5I3.C3H6I2.C3H7I.C3H6I.C3H5N.C3H7.7CH4.2V/c1-9(14-17-6-7-18-14)10-2-3-13-11(8-10)12(15)4-5-16-13;1-8(11-12-6-7-16-11)9-2-4-10(5-3-9)13(14)15;1-8(11-13-6-7-14-11)9-2-4-10(12)5-3-9;1-6(9(10)14)7-2-4-8(5-3-7)11(12)13;1-7(6-10)8-2-4-9(5-3-8)11(12)13;1-3-8-6(5-7)9-4-2;7-5-1-3-6(4-2-5)8(9)10;1-3(5,6)2-4;1-3(2,4)5;2*1-3(2)4;1-2-3-4;1-3-2;;;;;;;;;/h2-9H,1H3;2-8H,1H3;2-8H,12H2,1H3;2-6H,1H3,(H2,10,14);2-5,7H,1H3;6H,3-5H2,1-2H3;1-4H;2H2,1H3;1-2H3;3H,1-2H3;1-2H3;2H2,1H3;3H,1-2H3;7*1H4;;/q;;;;;;;;;;-1;;-1;;;;;;;;;. The van der Waals surface area contributed by atoms with E-state index in [9.17, 15) is 44.8 Å². The molecule has 0 fully saturated rings. The van der Waals surface area contributed by atoms with Crippen LogP contribution in [0.2, 0.25) is 0 Å². The number of rotatable bonds is 19. The van der Waals surface area contributed by atoms with E-state index in [0.29, 0.717) is 39.3 Å². The van der Waals surface area contributed by atoms with Gasteiger partial charge in [-0.05, 0) is 112 Å². The largest absolute Gasteiger partial charge is 0.399 e. The Labute approximate surface area is 925 Å². The summed E-state index contributed by atoms with van der Waals surface area (Å²) in [6, 6.07) is 43.6. The SMILES string of the molecule is C.C.C.C.C.C.C.CC(C#N)c1ccc([N+](=O)[O-])cc1.CC(C(N)=S)c1ccc([N+](=O)[O-])cc1.CC(C)(I)I.CC(C)I.CC(I)(I)CI.CC(c1ccc(N)cc1)c1nccs1.CC(c1ccc([N+](=O)[O-])cc1)c1nccs1.CC(c1ccc2nccc(Br)c2c1)c1nccs1.CCC#N.CCOC(CBr)OCC.C[C-](C)I.C[CH-]C.O=[N+]([O-])c1ccc(F)cc1.[V].[V]. The van der Waals surface area contributed by atoms with Gasteiger partial charge in [-0.15, -0.1) is 34.0 Å². The molecule has 22 nitrogen and oxygen atoms in total. The van der Waals surface area contributed by atoms with Gasteiger partial charge in [0.05, 0.1) is 71.5 Å². The smallest absolute Gasteiger partial charge is 0.269 e. The molecule has 4 aromatic heterocycles. The molecule has 0 aliphatic heterocycles. The number of hydrogen-bond donors (Lipinski definition) is 2. The number of non-ortho nitro benzene ring substituents is 4. The first kappa shape index (κ1) is 151. The second-order valence-electron chi connectivity index (χ2n) is 25.3. The van der Waals surface area contributed by atoms with Gasteiger partial charge in [0, 0.05) is 194 Å². The fourth-order valence-corrected chi connectivity index (χ4v) is 11.0. The first-order valence-corrected chi connectivity index (χ1v) is 49.6. The summed E-state index contributed by atoms with van der Waals surface area (Å²) in [5.41, 5.74) is 18.3. The number of ether oxygens (including phenoxy) is 2. The van der Waals surface area contributed by atoms with Crippen molar-refractivity contribution in [3.8, 4) is 12.1 Å². The normalized spacial score (nSPS) is 10.5. The van der Waals surface area contributed by atoms with Crippen molar-refractivity contribution >= 4 is 281 Å². The van der Waals surface area contributed by atoms with E-state index in [1.807, 2.05) is 114 Å². The molecule has 5 unspecified atom stereocenters. The molecule has 129 heavy (non-hydrogen) atoms. The van der Waals surface area contributed by atoms with Crippen molar-refractivity contribution in [2.24, 2.45) is 5.73 Å². The number of hydrogen-bond acceptors (Lipinski definition) is 21.